The summed E-state index contributed by atoms with van der Waals surface area (Å²) >= 11 is 0. The molecule has 0 bridgehead atoms. The fraction of sp³-hybridized carbons (Fsp3) is 0.471. The second-order valence-corrected chi connectivity index (χ2v) is 5.63. The van der Waals surface area contributed by atoms with Crippen LogP contribution in [0, 0.1) is 6.92 Å². The Balaban J connectivity index is 1.56. The van der Waals surface area contributed by atoms with Crippen molar-refractivity contribution in [2.24, 2.45) is 0 Å². The number of hydrogen-bond donors (Lipinski definition) is 0. The Labute approximate surface area is 137 Å². The zero-order valence-electron chi connectivity index (χ0n) is 13.8. The first-order valence-corrected chi connectivity index (χ1v) is 8.10. The first-order chi connectivity index (χ1) is 11.2. The number of ether oxygens (including phenoxy) is 1. The molecule has 0 aliphatic carbocycles. The average molecular weight is 313 g/mol. The standard InChI is InChI=1S/C17H23N5O/c1-3-23-17-6-4-5-15(20-17)13-21-9-11-22(12-10-21)16-7-8-18-14(2)19-16/h4-8H,3,9-13H2,1-2H3. The van der Waals surface area contributed by atoms with Crippen LogP contribution >= 0.6 is 0 Å². The van der Waals surface area contributed by atoms with Gasteiger partial charge < -0.3 is 9.64 Å². The lowest BCUT2D eigenvalue weighted by atomic mass is 10.2. The summed E-state index contributed by atoms with van der Waals surface area (Å²) in [6, 6.07) is 7.95. The van der Waals surface area contributed by atoms with Crippen LogP contribution in [-0.4, -0.2) is 52.6 Å². The van der Waals surface area contributed by atoms with Crippen LogP contribution in [0.4, 0.5) is 5.82 Å². The van der Waals surface area contributed by atoms with Crippen LogP contribution in [0.15, 0.2) is 30.5 Å². The molecule has 1 saturated heterocycles. The van der Waals surface area contributed by atoms with Gasteiger partial charge in [0.15, 0.2) is 0 Å². The third-order valence-corrected chi connectivity index (χ3v) is 3.92. The van der Waals surface area contributed by atoms with E-state index in [0.29, 0.717) is 12.5 Å². The largest absolute Gasteiger partial charge is 0.478 e. The van der Waals surface area contributed by atoms with Crippen molar-refractivity contribution in [1.82, 2.24) is 19.9 Å². The Morgan fingerprint density at radius 2 is 1.91 bits per heavy atom. The molecule has 0 atom stereocenters. The van der Waals surface area contributed by atoms with Crippen molar-refractivity contribution in [1.29, 1.82) is 0 Å². The van der Waals surface area contributed by atoms with E-state index in [-0.39, 0.29) is 0 Å². The highest BCUT2D eigenvalue weighted by molar-refractivity contribution is 5.38. The van der Waals surface area contributed by atoms with Crippen molar-refractivity contribution in [2.45, 2.75) is 20.4 Å². The molecule has 1 aliphatic heterocycles. The molecular formula is C17H23N5O. The van der Waals surface area contributed by atoms with Crippen LogP contribution in [0.3, 0.4) is 0 Å². The smallest absolute Gasteiger partial charge is 0.213 e. The number of hydrogen-bond acceptors (Lipinski definition) is 6. The first-order valence-electron chi connectivity index (χ1n) is 8.10. The van der Waals surface area contributed by atoms with Gasteiger partial charge in [-0.2, -0.15) is 0 Å². The van der Waals surface area contributed by atoms with Crippen LogP contribution in [0.25, 0.3) is 0 Å². The summed E-state index contributed by atoms with van der Waals surface area (Å²) in [6.07, 6.45) is 1.83. The molecule has 0 radical (unpaired) electrons. The lowest BCUT2D eigenvalue weighted by molar-refractivity contribution is 0.244. The number of anilines is 1. The summed E-state index contributed by atoms with van der Waals surface area (Å²) in [5, 5.41) is 0. The van der Waals surface area contributed by atoms with Gasteiger partial charge in [0, 0.05) is 45.0 Å². The van der Waals surface area contributed by atoms with E-state index in [1.165, 1.54) is 0 Å². The highest BCUT2D eigenvalue weighted by Gasteiger charge is 2.18. The van der Waals surface area contributed by atoms with Gasteiger partial charge in [-0.05, 0) is 26.0 Å². The molecule has 0 saturated carbocycles. The Morgan fingerprint density at radius 3 is 2.65 bits per heavy atom. The maximum atomic E-state index is 5.47. The van der Waals surface area contributed by atoms with Crippen LogP contribution in [0.1, 0.15) is 18.4 Å². The highest BCUT2D eigenvalue weighted by Crippen LogP contribution is 2.15. The zero-order chi connectivity index (χ0) is 16.1. The zero-order valence-corrected chi connectivity index (χ0v) is 13.8. The summed E-state index contributed by atoms with van der Waals surface area (Å²) in [7, 11) is 0. The van der Waals surface area contributed by atoms with E-state index >= 15 is 0 Å². The van der Waals surface area contributed by atoms with Crippen LogP contribution in [0.2, 0.25) is 0 Å². The molecule has 6 heteroatoms. The molecule has 1 aliphatic rings. The minimum absolute atomic E-state index is 0.646. The highest BCUT2D eigenvalue weighted by atomic mass is 16.5. The molecule has 3 heterocycles. The van der Waals surface area contributed by atoms with Gasteiger partial charge in [0.25, 0.3) is 0 Å². The molecule has 0 spiro atoms. The van der Waals surface area contributed by atoms with Crippen molar-refractivity contribution in [3.8, 4) is 5.88 Å². The summed E-state index contributed by atoms with van der Waals surface area (Å²) in [4.78, 5) is 17.9. The number of pyridine rings is 1. The monoisotopic (exact) mass is 313 g/mol. The quantitative estimate of drug-likeness (QED) is 0.840. The molecular weight excluding hydrogens is 290 g/mol. The van der Waals surface area contributed by atoms with Gasteiger partial charge in [-0.25, -0.2) is 15.0 Å². The van der Waals surface area contributed by atoms with Gasteiger partial charge in [0.2, 0.25) is 5.88 Å². The minimum Gasteiger partial charge on any atom is -0.478 e. The molecule has 23 heavy (non-hydrogen) atoms. The number of aromatic nitrogens is 3. The summed E-state index contributed by atoms with van der Waals surface area (Å²) in [5.74, 6) is 2.55. The van der Waals surface area contributed by atoms with Gasteiger partial charge >= 0.3 is 0 Å². The van der Waals surface area contributed by atoms with Gasteiger partial charge in [0.1, 0.15) is 11.6 Å². The van der Waals surface area contributed by atoms with Crippen molar-refractivity contribution in [3.05, 3.63) is 42.0 Å². The second kappa shape index (κ2) is 7.37. The molecule has 1 fully saturated rings. The van der Waals surface area contributed by atoms with Crippen molar-refractivity contribution in [3.63, 3.8) is 0 Å². The maximum absolute atomic E-state index is 5.47. The third-order valence-electron chi connectivity index (χ3n) is 3.92. The number of nitrogens with zero attached hydrogens (tertiary/aromatic N) is 5. The lowest BCUT2D eigenvalue weighted by Gasteiger charge is -2.35. The SMILES string of the molecule is CCOc1cccc(CN2CCN(c3ccnc(C)n3)CC2)n1. The molecule has 2 aromatic heterocycles. The van der Waals surface area contributed by atoms with E-state index in [1.54, 1.807) is 0 Å². The summed E-state index contributed by atoms with van der Waals surface area (Å²) in [5.41, 5.74) is 1.06. The van der Waals surface area contributed by atoms with E-state index in [0.717, 1.165) is 50.1 Å². The van der Waals surface area contributed by atoms with Gasteiger partial charge in [-0.3, -0.25) is 4.90 Å². The van der Waals surface area contributed by atoms with E-state index in [9.17, 15) is 0 Å². The Bertz CT molecular complexity index is 640. The number of aryl methyl sites for hydroxylation is 1. The normalized spacial score (nSPS) is 15.7. The Hall–Kier alpha value is -2.21. The van der Waals surface area contributed by atoms with E-state index in [4.69, 9.17) is 4.74 Å². The van der Waals surface area contributed by atoms with E-state index in [1.807, 2.05) is 38.2 Å². The molecule has 0 aromatic carbocycles. The molecule has 0 N–H and O–H groups in total. The minimum atomic E-state index is 0.646. The van der Waals surface area contributed by atoms with Gasteiger partial charge in [-0.1, -0.05) is 6.07 Å². The third kappa shape index (κ3) is 4.16. The molecule has 0 amide bonds. The number of rotatable bonds is 5. The van der Waals surface area contributed by atoms with Crippen molar-refractivity contribution >= 4 is 5.82 Å². The predicted octanol–water partition coefficient (Wildman–Crippen LogP) is 1.90. The maximum Gasteiger partial charge on any atom is 0.213 e. The van der Waals surface area contributed by atoms with Gasteiger partial charge in [-0.15, -0.1) is 0 Å². The average Bonchev–Trinajstić information content (AvgIpc) is 2.56. The van der Waals surface area contributed by atoms with Gasteiger partial charge in [0.05, 0.1) is 12.3 Å². The Kier molecular flexibility index (Phi) is 5.02. The van der Waals surface area contributed by atoms with E-state index in [2.05, 4.69) is 30.8 Å². The van der Waals surface area contributed by atoms with Crippen LogP contribution < -0.4 is 9.64 Å². The van der Waals surface area contributed by atoms with Crippen LogP contribution in [0.5, 0.6) is 5.88 Å². The van der Waals surface area contributed by atoms with E-state index < -0.39 is 0 Å². The Morgan fingerprint density at radius 1 is 1.09 bits per heavy atom. The number of piperazine rings is 1. The summed E-state index contributed by atoms with van der Waals surface area (Å²) in [6.45, 7) is 9.36. The second-order valence-electron chi connectivity index (χ2n) is 5.63. The molecule has 3 rings (SSSR count). The van der Waals surface area contributed by atoms with Crippen LogP contribution in [-0.2, 0) is 6.54 Å². The van der Waals surface area contributed by atoms with Crippen molar-refractivity contribution < 1.29 is 4.74 Å². The predicted molar refractivity (Wildman–Crippen MR) is 89.7 cm³/mol. The molecule has 6 nitrogen and oxygen atoms in total. The fourth-order valence-corrected chi connectivity index (χ4v) is 2.76. The summed E-state index contributed by atoms with van der Waals surface area (Å²) < 4.78 is 5.47. The fourth-order valence-electron chi connectivity index (χ4n) is 2.76. The first kappa shape index (κ1) is 15.7. The molecule has 2 aromatic rings. The topological polar surface area (TPSA) is 54.4 Å². The molecule has 122 valence electrons. The lowest BCUT2D eigenvalue weighted by Crippen LogP contribution is -2.46. The van der Waals surface area contributed by atoms with Crippen molar-refractivity contribution in [2.75, 3.05) is 37.7 Å². The molecule has 0 unspecified atom stereocenters.